The highest BCUT2D eigenvalue weighted by molar-refractivity contribution is 5.81. The van der Waals surface area contributed by atoms with E-state index in [4.69, 9.17) is 18.9 Å². The molecule has 10 heteroatoms. The van der Waals surface area contributed by atoms with Crippen molar-refractivity contribution in [1.29, 1.82) is 0 Å². The van der Waals surface area contributed by atoms with Gasteiger partial charge in [-0.15, -0.1) is 13.2 Å². The molecule has 0 N–H and O–H groups in total. The largest absolute Gasteiger partial charge is 0.573 e. The van der Waals surface area contributed by atoms with Gasteiger partial charge in [-0.3, -0.25) is 9.59 Å². The molecule has 7 nitrogen and oxygen atoms in total. The summed E-state index contributed by atoms with van der Waals surface area (Å²) in [6.07, 6.45) is -1.70. The van der Waals surface area contributed by atoms with E-state index in [-0.39, 0.29) is 48.3 Å². The molecular weight excluding hydrogens is 409 g/mol. The van der Waals surface area contributed by atoms with Crippen molar-refractivity contribution < 1.29 is 46.4 Å². The molecule has 2 rings (SSSR count). The standard InChI is InChI=1S/C20H25F3O7/c1-3-4-5-29-19(25)13-8-15(9-13)27-6-7-28-16-11-18(30-20(21,22)23)17(26-2)10-14(16)12-24/h10-13,15H,3-9H2,1-2H3. The van der Waals surface area contributed by atoms with E-state index in [1.807, 2.05) is 6.92 Å². The van der Waals surface area contributed by atoms with E-state index in [9.17, 15) is 22.8 Å². The number of hydrogen-bond donors (Lipinski definition) is 0. The number of unbranched alkanes of at least 4 members (excludes halogenated alkanes) is 1. The van der Waals surface area contributed by atoms with E-state index in [0.29, 0.717) is 25.7 Å². The molecule has 1 aromatic rings. The second-order valence-electron chi connectivity index (χ2n) is 6.74. The molecule has 0 aliphatic heterocycles. The molecule has 0 amide bonds. The molecule has 1 aliphatic carbocycles. The van der Waals surface area contributed by atoms with Crippen molar-refractivity contribution in [3.63, 3.8) is 0 Å². The molecule has 1 aliphatic rings. The summed E-state index contributed by atoms with van der Waals surface area (Å²) in [7, 11) is 1.16. The van der Waals surface area contributed by atoms with E-state index < -0.39 is 12.1 Å². The Labute approximate surface area is 172 Å². The number of benzene rings is 1. The van der Waals surface area contributed by atoms with Crippen LogP contribution in [0.1, 0.15) is 43.0 Å². The third kappa shape index (κ3) is 7.08. The SMILES string of the molecule is CCCCOC(=O)C1CC(OCCOc2cc(OC(F)(F)F)c(OC)cc2C=O)C1. The molecule has 0 atom stereocenters. The van der Waals surface area contributed by atoms with Crippen LogP contribution in [0.2, 0.25) is 0 Å². The summed E-state index contributed by atoms with van der Waals surface area (Å²) in [5.74, 6) is -1.33. The number of methoxy groups -OCH3 is 1. The molecule has 0 unspecified atom stereocenters. The summed E-state index contributed by atoms with van der Waals surface area (Å²) in [4.78, 5) is 23.0. The maximum Gasteiger partial charge on any atom is 0.573 e. The van der Waals surface area contributed by atoms with Crippen molar-refractivity contribution in [3.8, 4) is 17.2 Å². The Morgan fingerprint density at radius 2 is 1.87 bits per heavy atom. The van der Waals surface area contributed by atoms with Gasteiger partial charge < -0.3 is 23.7 Å². The van der Waals surface area contributed by atoms with E-state index in [1.54, 1.807) is 0 Å². The van der Waals surface area contributed by atoms with Crippen molar-refractivity contribution in [2.45, 2.75) is 45.1 Å². The Balaban J connectivity index is 1.80. The first-order chi connectivity index (χ1) is 14.3. The Hall–Kier alpha value is -2.49. The van der Waals surface area contributed by atoms with Crippen LogP contribution in [0.4, 0.5) is 13.2 Å². The molecule has 168 valence electrons. The average Bonchev–Trinajstić information content (AvgIpc) is 2.65. The topological polar surface area (TPSA) is 80.3 Å². The molecule has 0 radical (unpaired) electrons. The highest BCUT2D eigenvalue weighted by Gasteiger charge is 2.36. The van der Waals surface area contributed by atoms with Gasteiger partial charge in [0, 0.05) is 6.07 Å². The summed E-state index contributed by atoms with van der Waals surface area (Å²) in [6.45, 7) is 2.58. The molecule has 0 spiro atoms. The van der Waals surface area contributed by atoms with Gasteiger partial charge in [0.25, 0.3) is 0 Å². The van der Waals surface area contributed by atoms with Crippen LogP contribution in [0, 0.1) is 5.92 Å². The van der Waals surface area contributed by atoms with Gasteiger partial charge in [-0.25, -0.2) is 0 Å². The van der Waals surface area contributed by atoms with Crippen LogP contribution >= 0.6 is 0 Å². The van der Waals surface area contributed by atoms with Gasteiger partial charge in [0.05, 0.1) is 37.9 Å². The zero-order valence-electron chi connectivity index (χ0n) is 16.8. The zero-order valence-corrected chi connectivity index (χ0v) is 16.8. The summed E-state index contributed by atoms with van der Waals surface area (Å²) < 4.78 is 62.5. The predicted octanol–water partition coefficient (Wildman–Crippen LogP) is 3.92. The van der Waals surface area contributed by atoms with Crippen molar-refractivity contribution in [3.05, 3.63) is 17.7 Å². The van der Waals surface area contributed by atoms with Crippen LogP contribution < -0.4 is 14.2 Å². The first kappa shape index (κ1) is 23.8. The number of aldehydes is 1. The molecule has 0 bridgehead atoms. The monoisotopic (exact) mass is 434 g/mol. The second kappa shape index (κ2) is 11.1. The minimum absolute atomic E-state index is 0.000734. The lowest BCUT2D eigenvalue weighted by atomic mass is 9.82. The van der Waals surface area contributed by atoms with Crippen LogP contribution in [0.3, 0.4) is 0 Å². The number of halogens is 3. The summed E-state index contributed by atoms with van der Waals surface area (Å²) >= 11 is 0. The van der Waals surface area contributed by atoms with Crippen LogP contribution in [0.5, 0.6) is 17.2 Å². The minimum atomic E-state index is -4.92. The van der Waals surface area contributed by atoms with Gasteiger partial charge in [-0.2, -0.15) is 0 Å². The second-order valence-corrected chi connectivity index (χ2v) is 6.74. The Morgan fingerprint density at radius 1 is 1.13 bits per heavy atom. The molecule has 0 aromatic heterocycles. The fourth-order valence-corrected chi connectivity index (χ4v) is 2.83. The lowest BCUT2D eigenvalue weighted by Gasteiger charge is -2.33. The maximum atomic E-state index is 12.5. The molecule has 0 heterocycles. The van der Waals surface area contributed by atoms with Crippen LogP contribution in [0.25, 0.3) is 0 Å². The molecule has 0 saturated heterocycles. The van der Waals surface area contributed by atoms with Gasteiger partial charge in [0.2, 0.25) is 0 Å². The van der Waals surface area contributed by atoms with Crippen LogP contribution in [-0.4, -0.2) is 51.7 Å². The lowest BCUT2D eigenvalue weighted by Crippen LogP contribution is -2.38. The van der Waals surface area contributed by atoms with E-state index in [0.717, 1.165) is 32.1 Å². The summed E-state index contributed by atoms with van der Waals surface area (Å²) in [5, 5.41) is 0. The highest BCUT2D eigenvalue weighted by Crippen LogP contribution is 2.37. The Bertz CT molecular complexity index is 715. The number of esters is 1. The fourth-order valence-electron chi connectivity index (χ4n) is 2.83. The van der Waals surface area contributed by atoms with Crippen LogP contribution in [-0.2, 0) is 14.3 Å². The van der Waals surface area contributed by atoms with Crippen molar-refractivity contribution in [2.24, 2.45) is 5.92 Å². The highest BCUT2D eigenvalue weighted by atomic mass is 19.4. The molecule has 1 aromatic carbocycles. The maximum absolute atomic E-state index is 12.5. The van der Waals surface area contributed by atoms with Gasteiger partial charge in [0.1, 0.15) is 12.4 Å². The smallest absolute Gasteiger partial charge is 0.493 e. The zero-order chi connectivity index (χ0) is 22.1. The number of alkyl halides is 3. The molecular formula is C20H25F3O7. The minimum Gasteiger partial charge on any atom is -0.493 e. The number of hydrogen-bond acceptors (Lipinski definition) is 7. The quantitative estimate of drug-likeness (QED) is 0.280. The van der Waals surface area contributed by atoms with Crippen molar-refractivity contribution in [2.75, 3.05) is 26.9 Å². The Morgan fingerprint density at radius 3 is 2.47 bits per heavy atom. The first-order valence-corrected chi connectivity index (χ1v) is 9.61. The predicted molar refractivity (Wildman–Crippen MR) is 98.9 cm³/mol. The fraction of sp³-hybridized carbons (Fsp3) is 0.600. The van der Waals surface area contributed by atoms with Crippen molar-refractivity contribution in [1.82, 2.24) is 0 Å². The van der Waals surface area contributed by atoms with Crippen LogP contribution in [0.15, 0.2) is 12.1 Å². The Kier molecular flexibility index (Phi) is 8.76. The van der Waals surface area contributed by atoms with E-state index >= 15 is 0 Å². The molecule has 1 fully saturated rings. The number of ether oxygens (including phenoxy) is 5. The first-order valence-electron chi connectivity index (χ1n) is 9.61. The normalized spacial score (nSPS) is 18.3. The van der Waals surface area contributed by atoms with E-state index in [2.05, 4.69) is 4.74 Å². The molecule has 30 heavy (non-hydrogen) atoms. The number of rotatable bonds is 12. The van der Waals surface area contributed by atoms with Crippen molar-refractivity contribution >= 4 is 12.3 Å². The molecule has 1 saturated carbocycles. The van der Waals surface area contributed by atoms with Gasteiger partial charge in [0.15, 0.2) is 17.8 Å². The number of carbonyl (C=O) groups excluding carboxylic acids is 2. The van der Waals surface area contributed by atoms with E-state index in [1.165, 1.54) is 0 Å². The third-order valence-corrected chi connectivity index (χ3v) is 4.51. The third-order valence-electron chi connectivity index (χ3n) is 4.51. The van der Waals surface area contributed by atoms with Gasteiger partial charge in [-0.05, 0) is 25.3 Å². The lowest BCUT2D eigenvalue weighted by molar-refractivity contribution is -0.275. The van der Waals surface area contributed by atoms with Gasteiger partial charge >= 0.3 is 12.3 Å². The summed E-state index contributed by atoms with van der Waals surface area (Å²) in [6, 6.07) is 2.05. The average molecular weight is 434 g/mol. The summed E-state index contributed by atoms with van der Waals surface area (Å²) in [5.41, 5.74) is 0.0138. The number of carbonyl (C=O) groups is 2. The van der Waals surface area contributed by atoms with Gasteiger partial charge in [-0.1, -0.05) is 13.3 Å².